The number of hydrogen-bond donors (Lipinski definition) is 1. The number of carbonyl (C=O) groups is 1. The lowest BCUT2D eigenvalue weighted by Crippen LogP contribution is -2.41. The lowest BCUT2D eigenvalue weighted by Gasteiger charge is -2.26. The molecule has 0 spiro atoms. The smallest absolute Gasteiger partial charge is 0.383 e. The molecule has 0 aromatic heterocycles. The van der Waals surface area contributed by atoms with Crippen molar-refractivity contribution in [3.63, 3.8) is 0 Å². The molecule has 0 radical (unpaired) electrons. The van der Waals surface area contributed by atoms with Gasteiger partial charge in [0.1, 0.15) is 0 Å². The van der Waals surface area contributed by atoms with Gasteiger partial charge in [0.25, 0.3) is 0 Å². The molecule has 1 aromatic carbocycles. The number of aliphatic hydroxyl groups excluding tert-OH is 1. The first-order chi connectivity index (χ1) is 9.32. The summed E-state index contributed by atoms with van der Waals surface area (Å²) < 4.78 is 37.5. The molecule has 3 nitrogen and oxygen atoms in total. The lowest BCUT2D eigenvalue weighted by molar-refractivity contribution is -0.218. The van der Waals surface area contributed by atoms with Crippen LogP contribution in [0.15, 0.2) is 30.3 Å². The molecule has 20 heavy (non-hydrogen) atoms. The first kappa shape index (κ1) is 14.8. The Morgan fingerprint density at radius 3 is 2.45 bits per heavy atom. The minimum atomic E-state index is -4.76. The van der Waals surface area contributed by atoms with Crippen molar-refractivity contribution in [2.24, 2.45) is 5.92 Å². The third kappa shape index (κ3) is 2.80. The summed E-state index contributed by atoms with van der Waals surface area (Å²) in [4.78, 5) is 13.5. The molecule has 1 N–H and O–H groups in total. The zero-order valence-corrected chi connectivity index (χ0v) is 11.0. The highest BCUT2D eigenvalue weighted by Crippen LogP contribution is 2.35. The highest BCUT2D eigenvalue weighted by molar-refractivity contribution is 5.82. The molecular formula is C14H16F3NO2. The van der Waals surface area contributed by atoms with Crippen molar-refractivity contribution in [3.8, 4) is 0 Å². The van der Waals surface area contributed by atoms with Crippen LogP contribution in [-0.4, -0.2) is 34.7 Å². The molecule has 3 unspecified atom stereocenters. The number of halogens is 3. The van der Waals surface area contributed by atoms with Crippen LogP contribution in [0.5, 0.6) is 0 Å². The van der Waals surface area contributed by atoms with Gasteiger partial charge in [-0.2, -0.15) is 13.2 Å². The molecule has 0 bridgehead atoms. The summed E-state index contributed by atoms with van der Waals surface area (Å²) in [5.41, 5.74) is 0.864. The summed E-state index contributed by atoms with van der Waals surface area (Å²) in [6.07, 6.45) is -7.31. The number of aliphatic hydroxyl groups is 1. The number of amides is 1. The molecule has 1 amide bonds. The van der Waals surface area contributed by atoms with Gasteiger partial charge >= 0.3 is 6.18 Å². The summed E-state index contributed by atoms with van der Waals surface area (Å²) in [5, 5.41) is 9.25. The van der Waals surface area contributed by atoms with Gasteiger partial charge in [0, 0.05) is 6.54 Å². The minimum absolute atomic E-state index is 0.0245. The fraction of sp³-hybridized carbons (Fsp3) is 0.500. The molecule has 3 atom stereocenters. The Balaban J connectivity index is 2.12. The topological polar surface area (TPSA) is 40.5 Å². The number of rotatable bonds is 3. The van der Waals surface area contributed by atoms with E-state index in [1.54, 1.807) is 6.92 Å². The van der Waals surface area contributed by atoms with Crippen LogP contribution in [0.4, 0.5) is 13.2 Å². The molecule has 1 aliphatic rings. The van der Waals surface area contributed by atoms with Gasteiger partial charge in [0.2, 0.25) is 5.91 Å². The van der Waals surface area contributed by atoms with E-state index < -0.39 is 24.1 Å². The average Bonchev–Trinajstić information content (AvgIpc) is 2.78. The Labute approximate surface area is 115 Å². The largest absolute Gasteiger partial charge is 0.415 e. The van der Waals surface area contributed by atoms with Gasteiger partial charge in [-0.15, -0.1) is 0 Å². The summed E-state index contributed by atoms with van der Waals surface area (Å²) in [7, 11) is 0. The molecule has 110 valence electrons. The zero-order valence-electron chi connectivity index (χ0n) is 11.0. The van der Waals surface area contributed by atoms with Crippen LogP contribution >= 0.6 is 0 Å². The van der Waals surface area contributed by atoms with E-state index in [0.29, 0.717) is 0 Å². The van der Waals surface area contributed by atoms with E-state index in [4.69, 9.17) is 0 Å². The van der Waals surface area contributed by atoms with Crippen molar-refractivity contribution < 1.29 is 23.1 Å². The van der Waals surface area contributed by atoms with Crippen molar-refractivity contribution in [3.05, 3.63) is 35.9 Å². The number of hydrogen-bond acceptors (Lipinski definition) is 2. The van der Waals surface area contributed by atoms with Crippen LogP contribution in [0.25, 0.3) is 0 Å². The lowest BCUT2D eigenvalue weighted by atomic mass is 10.0. The van der Waals surface area contributed by atoms with Crippen LogP contribution in [0.1, 0.15) is 24.9 Å². The van der Waals surface area contributed by atoms with Crippen LogP contribution in [0.2, 0.25) is 0 Å². The third-order valence-electron chi connectivity index (χ3n) is 3.75. The highest BCUT2D eigenvalue weighted by atomic mass is 19.4. The fourth-order valence-electron chi connectivity index (χ4n) is 2.54. The van der Waals surface area contributed by atoms with Gasteiger partial charge < -0.3 is 10.0 Å². The SMILES string of the molecule is CC(c1ccccc1)N1CCC(C(O)C(F)(F)F)C1=O. The van der Waals surface area contributed by atoms with Crippen LogP contribution < -0.4 is 0 Å². The van der Waals surface area contributed by atoms with Crippen molar-refractivity contribution >= 4 is 5.91 Å². The van der Waals surface area contributed by atoms with E-state index in [1.165, 1.54) is 4.90 Å². The third-order valence-corrected chi connectivity index (χ3v) is 3.75. The molecule has 1 saturated heterocycles. The van der Waals surface area contributed by atoms with Crippen molar-refractivity contribution in [2.75, 3.05) is 6.54 Å². The maximum Gasteiger partial charge on any atom is 0.415 e. The Hall–Kier alpha value is -1.56. The maximum atomic E-state index is 12.5. The maximum absolute atomic E-state index is 12.5. The molecule has 1 aliphatic heterocycles. The highest BCUT2D eigenvalue weighted by Gasteiger charge is 2.50. The molecule has 1 aromatic rings. The van der Waals surface area contributed by atoms with E-state index in [1.807, 2.05) is 30.3 Å². The molecule has 0 saturated carbocycles. The van der Waals surface area contributed by atoms with E-state index in [9.17, 15) is 23.1 Å². The quantitative estimate of drug-likeness (QED) is 0.928. The number of alkyl halides is 3. The number of nitrogens with zero attached hydrogens (tertiary/aromatic N) is 1. The van der Waals surface area contributed by atoms with Gasteiger partial charge in [-0.25, -0.2) is 0 Å². The fourth-order valence-corrected chi connectivity index (χ4v) is 2.54. The molecule has 6 heteroatoms. The Kier molecular flexibility index (Phi) is 4.04. The standard InChI is InChI=1S/C14H16F3NO2/c1-9(10-5-3-2-4-6-10)18-8-7-11(13(18)20)12(19)14(15,16)17/h2-6,9,11-12,19H,7-8H2,1H3. The van der Waals surface area contributed by atoms with Crippen LogP contribution in [0, 0.1) is 5.92 Å². The molecular weight excluding hydrogens is 271 g/mol. The Morgan fingerprint density at radius 2 is 1.90 bits per heavy atom. The Bertz CT molecular complexity index is 475. The van der Waals surface area contributed by atoms with E-state index in [-0.39, 0.29) is 19.0 Å². The molecule has 1 heterocycles. The molecule has 2 rings (SSSR count). The van der Waals surface area contributed by atoms with E-state index in [0.717, 1.165) is 5.56 Å². The monoisotopic (exact) mass is 287 g/mol. The molecule has 1 fully saturated rings. The van der Waals surface area contributed by atoms with Gasteiger partial charge in [-0.3, -0.25) is 4.79 Å². The minimum Gasteiger partial charge on any atom is -0.383 e. The van der Waals surface area contributed by atoms with Crippen LogP contribution in [-0.2, 0) is 4.79 Å². The second-order valence-electron chi connectivity index (χ2n) is 5.00. The summed E-state index contributed by atoms with van der Waals surface area (Å²) >= 11 is 0. The number of likely N-dealkylation sites (tertiary alicyclic amines) is 1. The number of carbonyl (C=O) groups excluding carboxylic acids is 1. The first-order valence-electron chi connectivity index (χ1n) is 6.42. The second kappa shape index (κ2) is 5.44. The van der Waals surface area contributed by atoms with Crippen molar-refractivity contribution in [1.29, 1.82) is 0 Å². The summed E-state index contributed by atoms with van der Waals surface area (Å²) in [6, 6.07) is 8.81. The molecule has 0 aliphatic carbocycles. The average molecular weight is 287 g/mol. The van der Waals surface area contributed by atoms with Crippen LogP contribution in [0.3, 0.4) is 0 Å². The van der Waals surface area contributed by atoms with E-state index >= 15 is 0 Å². The zero-order chi connectivity index (χ0) is 14.9. The second-order valence-corrected chi connectivity index (χ2v) is 5.00. The van der Waals surface area contributed by atoms with Gasteiger partial charge in [0.05, 0.1) is 12.0 Å². The van der Waals surface area contributed by atoms with E-state index in [2.05, 4.69) is 0 Å². The Morgan fingerprint density at radius 1 is 1.30 bits per heavy atom. The van der Waals surface area contributed by atoms with Gasteiger partial charge in [-0.1, -0.05) is 30.3 Å². The van der Waals surface area contributed by atoms with Crippen molar-refractivity contribution in [1.82, 2.24) is 4.90 Å². The van der Waals surface area contributed by atoms with Crippen molar-refractivity contribution in [2.45, 2.75) is 31.7 Å². The summed E-state index contributed by atoms with van der Waals surface area (Å²) in [5.74, 6) is -2.02. The first-order valence-corrected chi connectivity index (χ1v) is 6.42. The number of benzene rings is 1. The normalized spacial score (nSPS) is 22.9. The van der Waals surface area contributed by atoms with Gasteiger partial charge in [-0.05, 0) is 18.9 Å². The van der Waals surface area contributed by atoms with Gasteiger partial charge in [0.15, 0.2) is 6.10 Å². The predicted molar refractivity (Wildman–Crippen MR) is 66.7 cm³/mol. The summed E-state index contributed by atoms with van der Waals surface area (Å²) in [6.45, 7) is 2.00. The predicted octanol–water partition coefficient (Wildman–Crippen LogP) is 2.52.